The zero-order valence-corrected chi connectivity index (χ0v) is 17.3. The number of amides is 1. The van der Waals surface area contributed by atoms with E-state index in [4.69, 9.17) is 4.74 Å². The van der Waals surface area contributed by atoms with E-state index in [1.165, 1.54) is 29.7 Å². The van der Waals surface area contributed by atoms with Gasteiger partial charge in [0.2, 0.25) is 5.91 Å². The summed E-state index contributed by atoms with van der Waals surface area (Å²) >= 11 is 1.19. The molecule has 0 aliphatic heterocycles. The number of hydrogen-bond acceptors (Lipinski definition) is 6. The average molecular weight is 448 g/mol. The minimum absolute atomic E-state index is 0.0226. The number of rotatable bonds is 8. The molecule has 2 N–H and O–H groups in total. The third-order valence-corrected chi connectivity index (χ3v) is 4.75. The third-order valence-electron chi connectivity index (χ3n) is 3.95. The van der Waals surface area contributed by atoms with E-state index in [0.717, 1.165) is 17.7 Å². The van der Waals surface area contributed by atoms with Crippen LogP contribution in [0.25, 0.3) is 0 Å². The molecule has 162 valence electrons. The van der Waals surface area contributed by atoms with Gasteiger partial charge in [0.1, 0.15) is 5.75 Å². The van der Waals surface area contributed by atoms with Gasteiger partial charge in [0.25, 0.3) is 0 Å². The van der Waals surface area contributed by atoms with Crippen molar-refractivity contribution in [2.75, 3.05) is 11.9 Å². The second-order valence-corrected chi connectivity index (χ2v) is 7.15. The molecule has 0 atom stereocenters. The number of thiazole rings is 1. The Labute approximate surface area is 180 Å². The zero-order chi connectivity index (χ0) is 22.3. The normalized spacial score (nSPS) is 11.5. The summed E-state index contributed by atoms with van der Waals surface area (Å²) in [4.78, 5) is 16.3. The molecule has 0 fully saturated rings. The number of hydrazone groups is 1. The molecule has 31 heavy (non-hydrogen) atoms. The van der Waals surface area contributed by atoms with E-state index < -0.39 is 11.7 Å². The van der Waals surface area contributed by atoms with Crippen molar-refractivity contribution in [3.8, 4) is 5.75 Å². The number of aromatic nitrogens is 1. The smallest absolute Gasteiger partial charge is 0.416 e. The Kier molecular flexibility index (Phi) is 7.24. The topological polar surface area (TPSA) is 75.6 Å². The molecular weight excluding hydrogens is 429 g/mol. The monoisotopic (exact) mass is 448 g/mol. The molecule has 0 spiro atoms. The summed E-state index contributed by atoms with van der Waals surface area (Å²) in [5, 5.41) is 8.80. The van der Waals surface area contributed by atoms with Gasteiger partial charge in [-0.1, -0.05) is 18.2 Å². The maximum absolute atomic E-state index is 12.8. The number of anilines is 2. The SMILES string of the molecule is CCOc1ccccc1C=NNC(=O)Cc1csc(Nc2cccc(C(F)(F)F)c2)n1. The first-order valence-electron chi connectivity index (χ1n) is 9.27. The van der Waals surface area contributed by atoms with Crippen LogP contribution in [0.3, 0.4) is 0 Å². The van der Waals surface area contributed by atoms with Crippen LogP contribution in [-0.4, -0.2) is 23.7 Å². The van der Waals surface area contributed by atoms with Gasteiger partial charge in [-0.15, -0.1) is 11.3 Å². The minimum Gasteiger partial charge on any atom is -0.493 e. The van der Waals surface area contributed by atoms with Crippen molar-refractivity contribution >= 4 is 34.3 Å². The van der Waals surface area contributed by atoms with Gasteiger partial charge in [0.05, 0.1) is 30.5 Å². The van der Waals surface area contributed by atoms with E-state index in [1.807, 2.05) is 25.1 Å². The third kappa shape index (κ3) is 6.54. The van der Waals surface area contributed by atoms with Crippen LogP contribution >= 0.6 is 11.3 Å². The van der Waals surface area contributed by atoms with Crippen LogP contribution in [-0.2, 0) is 17.4 Å². The number of nitrogens with one attached hydrogen (secondary N) is 2. The van der Waals surface area contributed by atoms with Gasteiger partial charge < -0.3 is 10.1 Å². The van der Waals surface area contributed by atoms with Gasteiger partial charge >= 0.3 is 6.18 Å². The fraction of sp³-hybridized carbons (Fsp3) is 0.190. The molecular formula is C21H19F3N4O2S. The summed E-state index contributed by atoms with van der Waals surface area (Å²) in [5.41, 5.74) is 3.14. The van der Waals surface area contributed by atoms with Crippen molar-refractivity contribution in [1.82, 2.24) is 10.4 Å². The predicted octanol–water partition coefficient (Wildman–Crippen LogP) is 5.00. The Morgan fingerprint density at radius 1 is 1.23 bits per heavy atom. The Morgan fingerprint density at radius 3 is 2.81 bits per heavy atom. The van der Waals surface area contributed by atoms with Crippen molar-refractivity contribution in [3.63, 3.8) is 0 Å². The highest BCUT2D eigenvalue weighted by molar-refractivity contribution is 7.13. The van der Waals surface area contributed by atoms with Gasteiger partial charge in [-0.2, -0.15) is 18.3 Å². The van der Waals surface area contributed by atoms with Gasteiger partial charge in [-0.3, -0.25) is 4.79 Å². The lowest BCUT2D eigenvalue weighted by Crippen LogP contribution is -2.20. The zero-order valence-electron chi connectivity index (χ0n) is 16.4. The second kappa shape index (κ2) is 10.1. The van der Waals surface area contributed by atoms with Gasteiger partial charge in [-0.25, -0.2) is 10.4 Å². The summed E-state index contributed by atoms with van der Waals surface area (Å²) in [6, 6.07) is 12.1. The van der Waals surface area contributed by atoms with E-state index in [2.05, 4.69) is 20.8 Å². The number of halogens is 3. The number of carbonyl (C=O) groups excluding carboxylic acids is 1. The summed E-state index contributed by atoms with van der Waals surface area (Å²) in [6.45, 7) is 2.39. The number of carbonyl (C=O) groups is 1. The fourth-order valence-corrected chi connectivity index (χ4v) is 3.32. The molecule has 3 aromatic rings. The number of benzene rings is 2. The second-order valence-electron chi connectivity index (χ2n) is 6.29. The maximum Gasteiger partial charge on any atom is 0.416 e. The first-order valence-corrected chi connectivity index (χ1v) is 10.2. The minimum atomic E-state index is -4.42. The van der Waals surface area contributed by atoms with Gasteiger partial charge in [-0.05, 0) is 37.3 Å². The van der Waals surface area contributed by atoms with E-state index >= 15 is 0 Å². The number of ether oxygens (including phenoxy) is 1. The van der Waals surface area contributed by atoms with Crippen LogP contribution in [0.2, 0.25) is 0 Å². The molecule has 0 saturated heterocycles. The molecule has 0 saturated carbocycles. The maximum atomic E-state index is 12.8. The summed E-state index contributed by atoms with van der Waals surface area (Å²) in [6.07, 6.45) is -2.96. The Morgan fingerprint density at radius 2 is 2.03 bits per heavy atom. The first-order chi connectivity index (χ1) is 14.8. The number of hydrogen-bond donors (Lipinski definition) is 2. The predicted molar refractivity (Wildman–Crippen MR) is 114 cm³/mol. The molecule has 2 aromatic carbocycles. The molecule has 1 amide bonds. The van der Waals surface area contributed by atoms with Crippen LogP contribution in [0.15, 0.2) is 59.0 Å². The van der Waals surface area contributed by atoms with Crippen molar-refractivity contribution in [2.45, 2.75) is 19.5 Å². The van der Waals surface area contributed by atoms with Crippen molar-refractivity contribution in [3.05, 3.63) is 70.7 Å². The van der Waals surface area contributed by atoms with E-state index in [0.29, 0.717) is 23.2 Å². The van der Waals surface area contributed by atoms with Gasteiger partial charge in [0.15, 0.2) is 5.13 Å². The van der Waals surface area contributed by atoms with Crippen molar-refractivity contribution in [2.24, 2.45) is 5.10 Å². The lowest BCUT2D eigenvalue weighted by Gasteiger charge is -2.08. The number of para-hydroxylation sites is 1. The standard InChI is InChI=1S/C21H19F3N4O2S/c1-2-30-18-9-4-3-6-14(18)12-25-28-19(29)11-17-13-31-20(27-17)26-16-8-5-7-15(10-16)21(22,23)24/h3-10,12-13H,2,11H2,1H3,(H,26,27)(H,28,29). The molecule has 3 rings (SSSR count). The summed E-state index contributed by atoms with van der Waals surface area (Å²) in [7, 11) is 0. The molecule has 0 aliphatic rings. The quantitative estimate of drug-likeness (QED) is 0.376. The lowest BCUT2D eigenvalue weighted by molar-refractivity contribution is -0.137. The largest absolute Gasteiger partial charge is 0.493 e. The highest BCUT2D eigenvalue weighted by Crippen LogP contribution is 2.31. The highest BCUT2D eigenvalue weighted by atomic mass is 32.1. The Hall–Kier alpha value is -3.40. The summed E-state index contributed by atoms with van der Waals surface area (Å²) < 4.78 is 43.9. The average Bonchev–Trinajstić information content (AvgIpc) is 3.15. The fourth-order valence-electron chi connectivity index (χ4n) is 2.59. The summed E-state index contributed by atoms with van der Waals surface area (Å²) in [5.74, 6) is 0.286. The van der Waals surface area contributed by atoms with Crippen LogP contribution in [0.5, 0.6) is 5.75 Å². The van der Waals surface area contributed by atoms with Gasteiger partial charge in [0, 0.05) is 16.6 Å². The molecule has 0 aliphatic carbocycles. The van der Waals surface area contributed by atoms with E-state index in [-0.39, 0.29) is 18.0 Å². The van der Waals surface area contributed by atoms with Crippen LogP contribution in [0.4, 0.5) is 24.0 Å². The molecule has 10 heteroatoms. The van der Waals surface area contributed by atoms with Crippen LogP contribution in [0, 0.1) is 0 Å². The molecule has 6 nitrogen and oxygen atoms in total. The van der Waals surface area contributed by atoms with Crippen molar-refractivity contribution in [1.29, 1.82) is 0 Å². The Balaban J connectivity index is 1.56. The number of nitrogens with zero attached hydrogens (tertiary/aromatic N) is 2. The van der Waals surface area contributed by atoms with Crippen LogP contribution in [0.1, 0.15) is 23.7 Å². The van der Waals surface area contributed by atoms with E-state index in [9.17, 15) is 18.0 Å². The van der Waals surface area contributed by atoms with E-state index in [1.54, 1.807) is 11.4 Å². The van der Waals surface area contributed by atoms with Crippen molar-refractivity contribution < 1.29 is 22.7 Å². The Bertz CT molecular complexity index is 1070. The highest BCUT2D eigenvalue weighted by Gasteiger charge is 2.30. The molecule has 1 aromatic heterocycles. The molecule has 0 bridgehead atoms. The lowest BCUT2D eigenvalue weighted by atomic mass is 10.2. The molecule has 1 heterocycles. The molecule has 0 radical (unpaired) electrons. The van der Waals surface area contributed by atoms with Crippen LogP contribution < -0.4 is 15.5 Å². The first kappa shape index (κ1) is 22.3. The molecule has 0 unspecified atom stereocenters. The number of alkyl halides is 3.